The number of rotatable bonds is 4. The summed E-state index contributed by atoms with van der Waals surface area (Å²) in [5.41, 5.74) is 8.37. The number of anilines is 2. The number of imidazole rings is 1. The molecule has 0 unspecified atom stereocenters. The molecule has 1 aliphatic rings. The van der Waals surface area contributed by atoms with Gasteiger partial charge in [-0.1, -0.05) is 20.8 Å². The van der Waals surface area contributed by atoms with Crippen molar-refractivity contribution in [2.24, 2.45) is 7.05 Å². The first-order valence-corrected chi connectivity index (χ1v) is 16.6. The van der Waals surface area contributed by atoms with E-state index < -0.39 is 0 Å². The third-order valence-corrected chi connectivity index (χ3v) is 10.2. The van der Waals surface area contributed by atoms with Crippen molar-refractivity contribution < 1.29 is 24.1 Å². The molecule has 44 heavy (non-hydrogen) atoms. The van der Waals surface area contributed by atoms with E-state index >= 15 is 0 Å². The van der Waals surface area contributed by atoms with Gasteiger partial charge in [-0.15, -0.1) is 0 Å². The van der Waals surface area contributed by atoms with Crippen LogP contribution < -0.4 is 9.64 Å². The molecule has 3 aromatic carbocycles. The van der Waals surface area contributed by atoms with E-state index in [0.29, 0.717) is 0 Å². The van der Waals surface area contributed by atoms with Crippen molar-refractivity contribution in [1.82, 2.24) is 14.1 Å². The zero-order valence-corrected chi connectivity index (χ0v) is 29.7. The summed E-state index contributed by atoms with van der Waals surface area (Å²) in [6.07, 6.45) is 4.03. The van der Waals surface area contributed by atoms with Crippen LogP contribution in [0.4, 0.5) is 11.5 Å². The Labute approximate surface area is 272 Å². The van der Waals surface area contributed by atoms with Gasteiger partial charge < -0.3 is 0 Å². The van der Waals surface area contributed by atoms with E-state index in [2.05, 4.69) is 169 Å². The summed E-state index contributed by atoms with van der Waals surface area (Å²) in [5.74, 6) is 2.64. The molecule has 5 nitrogen and oxygen atoms in total. The Balaban J connectivity index is 1.45. The predicted octanol–water partition coefficient (Wildman–Crippen LogP) is 9.69. The molecule has 0 N–H and O–H groups in total. The van der Waals surface area contributed by atoms with Crippen molar-refractivity contribution in [3.8, 4) is 17.2 Å². The van der Waals surface area contributed by atoms with Crippen LogP contribution in [0.5, 0.6) is 11.5 Å². The summed E-state index contributed by atoms with van der Waals surface area (Å²) in [5, 5.41) is 0. The van der Waals surface area contributed by atoms with Gasteiger partial charge in [0.1, 0.15) is 0 Å². The Kier molecular flexibility index (Phi) is 7.56. The van der Waals surface area contributed by atoms with E-state index in [1.807, 2.05) is 6.20 Å². The third kappa shape index (κ3) is 5.60. The second-order valence-electron chi connectivity index (χ2n) is 14.8. The number of ether oxygens (including phenoxy) is 1. The molecule has 0 fully saturated rings. The van der Waals surface area contributed by atoms with Crippen molar-refractivity contribution >= 4 is 22.5 Å². The first-order valence-electron chi connectivity index (χ1n) is 15.5. The molecular weight excluding hydrogens is 724 g/mol. The second-order valence-corrected chi connectivity index (χ2v) is 15.8. The van der Waals surface area contributed by atoms with Gasteiger partial charge in [-0.05, 0) is 17.0 Å². The van der Waals surface area contributed by atoms with Crippen LogP contribution in [0, 0.1) is 3.80 Å². The minimum atomic E-state index is -0.0871. The van der Waals surface area contributed by atoms with Gasteiger partial charge in [0, 0.05) is 6.20 Å². The first kappa shape index (κ1) is 30.6. The molecule has 0 saturated heterocycles. The molecule has 0 spiro atoms. The molecule has 6 rings (SSSR count). The molecular formula is C38H44N4OPt. The van der Waals surface area contributed by atoms with Crippen LogP contribution in [0.15, 0.2) is 79.0 Å². The molecule has 0 atom stereocenters. The Morgan fingerprint density at radius 1 is 0.795 bits per heavy atom. The first-order chi connectivity index (χ1) is 20.6. The van der Waals surface area contributed by atoms with Crippen LogP contribution in [0.25, 0.3) is 16.7 Å². The Morgan fingerprint density at radius 3 is 2.20 bits per heavy atom. The van der Waals surface area contributed by atoms with E-state index in [0.717, 1.165) is 39.7 Å². The summed E-state index contributed by atoms with van der Waals surface area (Å²) < 4.78 is 12.5. The number of hydrogen-bond acceptors (Lipinski definition) is 3. The van der Waals surface area contributed by atoms with Gasteiger partial charge in [-0.3, -0.25) is 0 Å². The standard InChI is InChI=1S/C38H44N4O.Pt/c1-36(2,3)27-17-19-39-35(22-27)42-34-24-30(15-14-26(34)16-18-38(42,7)8)43-31-21-28(37(4,5)6)20-29(23-31)41-25-40(9)32-12-10-11-13-33(32)41;/h10-15,17,19-24H,16,18H2,1-9H3;. The fourth-order valence-electron chi connectivity index (χ4n) is 6.19. The molecule has 0 saturated carbocycles. The van der Waals surface area contributed by atoms with E-state index in [9.17, 15) is 0 Å². The average molecular weight is 768 g/mol. The van der Waals surface area contributed by atoms with Crippen LogP contribution in [-0.4, -0.2) is 19.7 Å². The number of para-hydroxylation sites is 2. The van der Waals surface area contributed by atoms with Crippen LogP contribution in [-0.2, 0) is 43.7 Å². The minimum absolute atomic E-state index is 0.0428. The second kappa shape index (κ2) is 10.9. The molecule has 5 aromatic rings. The molecule has 6 heteroatoms. The van der Waals surface area contributed by atoms with Gasteiger partial charge in [-0.25, -0.2) is 0 Å². The Hall–Kier alpha value is -3.43. The number of fused-ring (bicyclic) bond motifs is 2. The van der Waals surface area contributed by atoms with Crippen molar-refractivity contribution in [3.05, 3.63) is 99.5 Å². The van der Waals surface area contributed by atoms with Gasteiger partial charge in [-0.2, -0.15) is 0 Å². The van der Waals surface area contributed by atoms with Crippen molar-refractivity contribution in [2.45, 2.75) is 84.6 Å². The molecule has 3 heterocycles. The van der Waals surface area contributed by atoms with Crippen LogP contribution in [0.2, 0.25) is 0 Å². The normalized spacial score (nSPS) is 15.0. The van der Waals surface area contributed by atoms with E-state index in [-0.39, 0.29) is 16.4 Å². The van der Waals surface area contributed by atoms with Gasteiger partial charge >= 0.3 is 230 Å². The van der Waals surface area contributed by atoms with Crippen LogP contribution >= 0.6 is 0 Å². The van der Waals surface area contributed by atoms with Crippen molar-refractivity contribution in [3.63, 3.8) is 0 Å². The molecule has 0 aliphatic carbocycles. The quantitative estimate of drug-likeness (QED) is 0.183. The maximum atomic E-state index is 6.76. The average Bonchev–Trinajstić information content (AvgIpc) is 3.21. The number of benzene rings is 3. The van der Waals surface area contributed by atoms with Gasteiger partial charge in [0.05, 0.1) is 0 Å². The summed E-state index contributed by atoms with van der Waals surface area (Å²) in [6.45, 7) is 18.2. The van der Waals surface area contributed by atoms with E-state index in [1.165, 1.54) is 33.4 Å². The number of hydrogen-bond donors (Lipinski definition) is 0. The summed E-state index contributed by atoms with van der Waals surface area (Å²) >= 11 is 2.42. The summed E-state index contributed by atoms with van der Waals surface area (Å²) in [7, 11) is 2.12. The monoisotopic (exact) mass is 767 g/mol. The van der Waals surface area contributed by atoms with Crippen LogP contribution in [0.1, 0.15) is 78.5 Å². The molecule has 2 aromatic heterocycles. The molecule has 232 valence electrons. The number of nitrogens with zero attached hydrogens (tertiary/aromatic N) is 4. The summed E-state index contributed by atoms with van der Waals surface area (Å²) in [4.78, 5) is 7.30. The molecule has 0 radical (unpaired) electrons. The topological polar surface area (TPSA) is 35.2 Å². The zero-order valence-electron chi connectivity index (χ0n) is 27.4. The number of pyridine rings is 1. The Morgan fingerprint density at radius 2 is 1.50 bits per heavy atom. The van der Waals surface area contributed by atoms with Crippen molar-refractivity contribution in [1.29, 1.82) is 0 Å². The maximum absolute atomic E-state index is 6.76. The molecule has 0 amide bonds. The number of aryl methyl sites for hydroxylation is 2. The third-order valence-electron chi connectivity index (χ3n) is 8.91. The van der Waals surface area contributed by atoms with Gasteiger partial charge in [0.15, 0.2) is 0 Å². The van der Waals surface area contributed by atoms with Gasteiger partial charge in [0.25, 0.3) is 0 Å². The SMILES string of the molecule is Cn1[c](=[Pt])n(-c2cc(Oc3ccc4c(c3)N(c3cc(C(C)(C)C)ccn3)C(C)(C)CC4)cc(C(C)(C)C)c2)c2ccccc21. The predicted molar refractivity (Wildman–Crippen MR) is 178 cm³/mol. The van der Waals surface area contributed by atoms with Crippen molar-refractivity contribution in [2.75, 3.05) is 4.90 Å². The Bertz CT molecular complexity index is 1930. The summed E-state index contributed by atoms with van der Waals surface area (Å²) in [6, 6.07) is 26.2. The fourth-order valence-corrected chi connectivity index (χ4v) is 7.04. The molecule has 1 aliphatic heterocycles. The van der Waals surface area contributed by atoms with Crippen LogP contribution in [0.3, 0.4) is 0 Å². The molecule has 0 bridgehead atoms. The van der Waals surface area contributed by atoms with E-state index in [4.69, 9.17) is 9.72 Å². The fraction of sp³-hybridized carbons (Fsp3) is 0.368. The van der Waals surface area contributed by atoms with Gasteiger partial charge in [0.2, 0.25) is 0 Å². The zero-order chi connectivity index (χ0) is 31.6. The van der Waals surface area contributed by atoms with E-state index in [1.54, 1.807) is 0 Å². The number of aromatic nitrogens is 3.